The van der Waals surface area contributed by atoms with Gasteiger partial charge < -0.3 is 25.2 Å². The molecule has 174 valence electrons. The highest BCUT2D eigenvalue weighted by atomic mass is 16.5. The number of allylic oxidation sites excluding steroid dienone is 2. The Hall–Kier alpha value is -2.68. The fraction of sp³-hybridized carbons (Fsp3) is 0.636. The van der Waals surface area contributed by atoms with Crippen LogP contribution in [0.25, 0.3) is 0 Å². The lowest BCUT2D eigenvalue weighted by Gasteiger charge is -2.04. The Bertz CT molecular complexity index is 671. The molecule has 0 saturated carbocycles. The quantitative estimate of drug-likeness (QED) is 0.110. The van der Waals surface area contributed by atoms with Crippen molar-refractivity contribution >= 4 is 23.6 Å². The zero-order valence-corrected chi connectivity index (χ0v) is 18.2. The summed E-state index contributed by atoms with van der Waals surface area (Å²) >= 11 is 0. The molecule has 9 heteroatoms. The standard InChI is InChI=1S/C22H34N2O7/c1-23-20(27)21(28)24-13-11-9-7-5-3-2-4-6-8-10-12-14-30-15-17(25)19-18(26)16-31-22(19)29/h3,5,26H,2,4,6-16H2,1H3,(H,23,27)(H,24,28)/b5-3-. The topological polar surface area (TPSA) is 131 Å². The number of esters is 1. The van der Waals surface area contributed by atoms with E-state index in [1.807, 2.05) is 0 Å². The first-order valence-electron chi connectivity index (χ1n) is 10.8. The van der Waals surface area contributed by atoms with Gasteiger partial charge in [0.05, 0.1) is 0 Å². The number of nitrogens with one attached hydrogen (secondary N) is 2. The van der Waals surface area contributed by atoms with Crippen molar-refractivity contribution in [3.05, 3.63) is 23.5 Å². The molecule has 0 spiro atoms. The molecule has 0 radical (unpaired) electrons. The van der Waals surface area contributed by atoms with Gasteiger partial charge in [0.2, 0.25) is 0 Å². The average Bonchev–Trinajstić information content (AvgIpc) is 3.10. The van der Waals surface area contributed by atoms with Gasteiger partial charge in [-0.15, -0.1) is 0 Å². The first kappa shape index (κ1) is 26.4. The normalized spacial score (nSPS) is 13.5. The van der Waals surface area contributed by atoms with Gasteiger partial charge in [-0.2, -0.15) is 0 Å². The second kappa shape index (κ2) is 16.1. The number of likely N-dealkylation sites (N-methyl/N-ethyl adjacent to an activating group) is 1. The first-order chi connectivity index (χ1) is 15.0. The van der Waals surface area contributed by atoms with E-state index in [0.717, 1.165) is 57.8 Å². The highest BCUT2D eigenvalue weighted by Gasteiger charge is 2.30. The number of hydrogen-bond donors (Lipinski definition) is 3. The minimum Gasteiger partial charge on any atom is -0.508 e. The van der Waals surface area contributed by atoms with E-state index in [-0.39, 0.29) is 24.5 Å². The molecule has 0 bridgehead atoms. The molecule has 2 amide bonds. The molecule has 1 aliphatic rings. The summed E-state index contributed by atoms with van der Waals surface area (Å²) in [5.74, 6) is -2.85. The highest BCUT2D eigenvalue weighted by molar-refractivity contribution is 6.35. The molecular formula is C22H34N2O7. The van der Waals surface area contributed by atoms with Gasteiger partial charge in [0.25, 0.3) is 0 Å². The number of carbonyl (C=O) groups excluding carboxylic acids is 4. The van der Waals surface area contributed by atoms with E-state index < -0.39 is 23.6 Å². The number of aliphatic hydroxyl groups is 1. The Balaban J connectivity index is 1.87. The molecule has 0 aromatic carbocycles. The van der Waals surface area contributed by atoms with Crippen LogP contribution in [0.5, 0.6) is 0 Å². The molecule has 0 fully saturated rings. The van der Waals surface area contributed by atoms with Crippen LogP contribution in [0.3, 0.4) is 0 Å². The summed E-state index contributed by atoms with van der Waals surface area (Å²) in [4.78, 5) is 45.3. The molecule has 0 saturated heterocycles. The van der Waals surface area contributed by atoms with Crippen molar-refractivity contribution < 1.29 is 33.8 Å². The van der Waals surface area contributed by atoms with Gasteiger partial charge in [0.1, 0.15) is 24.5 Å². The zero-order valence-electron chi connectivity index (χ0n) is 18.2. The number of ether oxygens (including phenoxy) is 2. The summed E-state index contributed by atoms with van der Waals surface area (Å²) in [6.45, 7) is 0.484. The summed E-state index contributed by atoms with van der Waals surface area (Å²) in [5.41, 5.74) is -0.291. The van der Waals surface area contributed by atoms with Gasteiger partial charge >= 0.3 is 17.8 Å². The number of amides is 2. The Morgan fingerprint density at radius 1 is 1.00 bits per heavy atom. The molecule has 1 heterocycles. The van der Waals surface area contributed by atoms with E-state index in [9.17, 15) is 24.3 Å². The third-order valence-electron chi connectivity index (χ3n) is 4.69. The lowest BCUT2D eigenvalue weighted by atomic mass is 10.1. The van der Waals surface area contributed by atoms with Crippen LogP contribution in [0.4, 0.5) is 0 Å². The van der Waals surface area contributed by atoms with Gasteiger partial charge in [-0.1, -0.05) is 31.4 Å². The van der Waals surface area contributed by atoms with Crippen molar-refractivity contribution in [2.75, 3.05) is 33.4 Å². The summed E-state index contributed by atoms with van der Waals surface area (Å²) in [6, 6.07) is 0. The number of cyclic esters (lactones) is 1. The lowest BCUT2D eigenvalue weighted by molar-refractivity contribution is -0.138. The number of hydrogen-bond acceptors (Lipinski definition) is 7. The minimum atomic E-state index is -0.786. The smallest absolute Gasteiger partial charge is 0.345 e. The van der Waals surface area contributed by atoms with E-state index in [1.165, 1.54) is 7.05 Å². The maximum Gasteiger partial charge on any atom is 0.345 e. The van der Waals surface area contributed by atoms with E-state index in [2.05, 4.69) is 27.5 Å². The molecule has 1 aliphatic heterocycles. The van der Waals surface area contributed by atoms with E-state index in [4.69, 9.17) is 4.74 Å². The Morgan fingerprint density at radius 3 is 2.29 bits per heavy atom. The predicted molar refractivity (Wildman–Crippen MR) is 114 cm³/mol. The van der Waals surface area contributed by atoms with Crippen molar-refractivity contribution in [3.63, 3.8) is 0 Å². The number of rotatable bonds is 16. The second-order valence-corrected chi connectivity index (χ2v) is 7.23. The zero-order chi connectivity index (χ0) is 22.9. The monoisotopic (exact) mass is 438 g/mol. The van der Waals surface area contributed by atoms with Crippen molar-refractivity contribution in [2.24, 2.45) is 0 Å². The van der Waals surface area contributed by atoms with Crippen LogP contribution in [-0.4, -0.2) is 62.1 Å². The van der Waals surface area contributed by atoms with Crippen molar-refractivity contribution in [2.45, 2.75) is 57.8 Å². The van der Waals surface area contributed by atoms with Crippen LogP contribution in [0, 0.1) is 0 Å². The predicted octanol–water partition coefficient (Wildman–Crippen LogP) is 1.87. The van der Waals surface area contributed by atoms with Crippen LogP contribution in [0.15, 0.2) is 23.5 Å². The third kappa shape index (κ3) is 11.3. The van der Waals surface area contributed by atoms with Crippen molar-refractivity contribution in [3.8, 4) is 0 Å². The number of carbonyl (C=O) groups is 4. The van der Waals surface area contributed by atoms with Crippen molar-refractivity contribution in [1.29, 1.82) is 0 Å². The molecule has 3 N–H and O–H groups in total. The van der Waals surface area contributed by atoms with Crippen LogP contribution < -0.4 is 10.6 Å². The molecule has 0 aromatic heterocycles. The number of unbranched alkanes of at least 4 members (excludes halogenated alkanes) is 7. The number of Topliss-reactive ketones (excluding diaryl/α,β-unsaturated/α-hetero) is 1. The number of aliphatic hydroxyl groups excluding tert-OH is 1. The maximum absolute atomic E-state index is 11.8. The summed E-state index contributed by atoms with van der Waals surface area (Å²) in [5, 5.41) is 14.3. The van der Waals surface area contributed by atoms with Crippen molar-refractivity contribution in [1.82, 2.24) is 10.6 Å². The summed E-state index contributed by atoms with van der Waals surface area (Å²) < 4.78 is 9.85. The van der Waals surface area contributed by atoms with Crippen LogP contribution in [0.2, 0.25) is 0 Å². The fourth-order valence-corrected chi connectivity index (χ4v) is 2.92. The molecule has 31 heavy (non-hydrogen) atoms. The van der Waals surface area contributed by atoms with E-state index >= 15 is 0 Å². The van der Waals surface area contributed by atoms with Gasteiger partial charge in [0, 0.05) is 20.2 Å². The third-order valence-corrected chi connectivity index (χ3v) is 4.69. The van der Waals surface area contributed by atoms with Gasteiger partial charge in [-0.05, 0) is 38.5 Å². The van der Waals surface area contributed by atoms with Crippen LogP contribution in [0.1, 0.15) is 57.8 Å². The molecule has 1 rings (SSSR count). The molecule has 9 nitrogen and oxygen atoms in total. The Kier molecular flexibility index (Phi) is 13.7. The Morgan fingerprint density at radius 2 is 1.65 bits per heavy atom. The first-order valence-corrected chi connectivity index (χ1v) is 10.8. The van der Waals surface area contributed by atoms with Gasteiger partial charge in [-0.3, -0.25) is 14.4 Å². The molecular weight excluding hydrogens is 404 g/mol. The fourth-order valence-electron chi connectivity index (χ4n) is 2.92. The van der Waals surface area contributed by atoms with Crippen LogP contribution >= 0.6 is 0 Å². The minimum absolute atomic E-state index is 0.222. The molecule has 0 atom stereocenters. The molecule has 0 unspecified atom stereocenters. The van der Waals surface area contributed by atoms with E-state index in [1.54, 1.807) is 0 Å². The second-order valence-electron chi connectivity index (χ2n) is 7.23. The molecule has 0 aliphatic carbocycles. The van der Waals surface area contributed by atoms with Gasteiger partial charge in [-0.25, -0.2) is 4.79 Å². The highest BCUT2D eigenvalue weighted by Crippen LogP contribution is 2.14. The lowest BCUT2D eigenvalue weighted by Crippen LogP contribution is -2.38. The molecule has 0 aromatic rings. The maximum atomic E-state index is 11.8. The SMILES string of the molecule is CNC(=O)C(=O)NCCCC/C=C\CCCCCCCOCC(=O)C1=C(O)COC1=O. The Labute approximate surface area is 183 Å². The van der Waals surface area contributed by atoms with Crippen LogP contribution in [-0.2, 0) is 28.7 Å². The van der Waals surface area contributed by atoms with E-state index in [0.29, 0.717) is 13.2 Å². The summed E-state index contributed by atoms with van der Waals surface area (Å²) in [7, 11) is 1.43. The number of ketones is 1. The largest absolute Gasteiger partial charge is 0.508 e. The average molecular weight is 439 g/mol. The summed E-state index contributed by atoms with van der Waals surface area (Å²) in [6.07, 6.45) is 13.3. The van der Waals surface area contributed by atoms with Gasteiger partial charge in [0.15, 0.2) is 5.78 Å².